The minimum absolute atomic E-state index is 0.0928. The first-order chi connectivity index (χ1) is 7.88. The zero-order valence-electron chi connectivity index (χ0n) is 10.1. The fourth-order valence-electron chi connectivity index (χ4n) is 1.71. The molecule has 0 radical (unpaired) electrons. The number of unbranched alkanes of at least 4 members (excludes halogenated alkanes) is 2. The van der Waals surface area contributed by atoms with Crippen LogP contribution in [-0.2, 0) is 9.13 Å². The number of hydrogen-bond acceptors (Lipinski definition) is 5. The van der Waals surface area contributed by atoms with Gasteiger partial charge in [-0.3, -0.25) is 0 Å². The van der Waals surface area contributed by atoms with Gasteiger partial charge in [0.15, 0.2) is 0 Å². The predicted molar refractivity (Wildman–Crippen MR) is 64.2 cm³/mol. The first kappa shape index (κ1) is 16.5. The van der Waals surface area contributed by atoms with Crippen LogP contribution in [0.5, 0.6) is 0 Å². The summed E-state index contributed by atoms with van der Waals surface area (Å²) in [5.74, 6) is 0. The van der Waals surface area contributed by atoms with E-state index in [0.717, 1.165) is 12.8 Å². The fourth-order valence-corrected chi connectivity index (χ4v) is 2.55. The van der Waals surface area contributed by atoms with E-state index in [-0.39, 0.29) is 12.8 Å². The molecule has 0 aromatic carbocycles. The Hall–Kier alpha value is -0.480. The second-order valence-electron chi connectivity index (χ2n) is 4.21. The Kier molecular flexibility index (Phi) is 6.87. The van der Waals surface area contributed by atoms with Crippen LogP contribution >= 0.6 is 7.68 Å². The molecule has 0 aromatic rings. The smallest absolute Gasteiger partial charge is 0.351 e. The maximum atomic E-state index is 11.2. The van der Waals surface area contributed by atoms with Gasteiger partial charge >= 0.3 is 7.68 Å². The highest BCUT2D eigenvalue weighted by Crippen LogP contribution is 2.43. The molecular formula is C11H21O5P. The summed E-state index contributed by atoms with van der Waals surface area (Å²) in [5.41, 5.74) is -2.09. The van der Waals surface area contributed by atoms with Crippen molar-refractivity contribution in [3.63, 3.8) is 0 Å². The van der Waals surface area contributed by atoms with E-state index in [1.165, 1.54) is 6.08 Å². The quantitative estimate of drug-likeness (QED) is 0.335. The Bertz CT molecular complexity index is 307. The van der Waals surface area contributed by atoms with Gasteiger partial charge < -0.3 is 15.3 Å². The maximum absolute atomic E-state index is 11.2. The first-order valence-electron chi connectivity index (χ1n) is 5.69. The Morgan fingerprint density at radius 2 is 1.88 bits per heavy atom. The van der Waals surface area contributed by atoms with Crippen molar-refractivity contribution in [1.29, 1.82) is 0 Å². The molecule has 5 nitrogen and oxygen atoms in total. The van der Waals surface area contributed by atoms with Crippen LogP contribution in [-0.4, -0.2) is 32.9 Å². The molecule has 0 saturated carbocycles. The third-order valence-corrected chi connectivity index (χ3v) is 4.16. The fraction of sp³-hybridized carbons (Fsp3) is 0.818. The van der Waals surface area contributed by atoms with E-state index in [4.69, 9.17) is 5.11 Å². The summed E-state index contributed by atoms with van der Waals surface area (Å²) in [5, 5.41) is 27.0. The van der Waals surface area contributed by atoms with Crippen LogP contribution in [0.2, 0.25) is 0 Å². The lowest BCUT2D eigenvalue weighted by Crippen LogP contribution is -2.53. The van der Waals surface area contributed by atoms with E-state index in [2.05, 4.69) is 6.58 Å². The van der Waals surface area contributed by atoms with Crippen molar-refractivity contribution in [2.75, 3.05) is 6.61 Å². The normalized spacial score (nSPS) is 18.1. The summed E-state index contributed by atoms with van der Waals surface area (Å²) < 4.78 is 22.4. The monoisotopic (exact) mass is 264 g/mol. The summed E-state index contributed by atoms with van der Waals surface area (Å²) in [4.78, 5) is 0. The number of aliphatic hydroxyl groups is 3. The molecule has 0 saturated heterocycles. The lowest BCUT2D eigenvalue weighted by molar-refractivity contribution is -0.130. The lowest BCUT2D eigenvalue weighted by Gasteiger charge is -2.36. The van der Waals surface area contributed by atoms with E-state index in [1.807, 2.05) is 6.92 Å². The minimum atomic E-state index is -3.27. The SMILES string of the molecule is C=CCC(O)(CO)C(O)(CCCCC)P(=O)=O. The van der Waals surface area contributed by atoms with E-state index >= 15 is 0 Å². The Morgan fingerprint density at radius 1 is 1.29 bits per heavy atom. The molecular weight excluding hydrogens is 243 g/mol. The van der Waals surface area contributed by atoms with Gasteiger partial charge in [0.1, 0.15) is 5.60 Å². The van der Waals surface area contributed by atoms with Gasteiger partial charge in [-0.25, -0.2) is 9.13 Å². The second-order valence-corrected chi connectivity index (χ2v) is 5.47. The maximum Gasteiger partial charge on any atom is 0.351 e. The minimum Gasteiger partial charge on any atom is -0.393 e. The van der Waals surface area contributed by atoms with E-state index in [0.29, 0.717) is 6.42 Å². The summed E-state index contributed by atoms with van der Waals surface area (Å²) in [6.45, 7) is 4.50. The Balaban J connectivity index is 5.08. The molecule has 0 spiro atoms. The highest BCUT2D eigenvalue weighted by Gasteiger charge is 2.52. The summed E-state index contributed by atoms with van der Waals surface area (Å²) in [6, 6.07) is 0. The number of hydrogen-bond donors (Lipinski definition) is 3. The van der Waals surface area contributed by atoms with Crippen molar-refractivity contribution < 1.29 is 24.4 Å². The van der Waals surface area contributed by atoms with E-state index in [1.54, 1.807) is 0 Å². The van der Waals surface area contributed by atoms with Crippen LogP contribution in [0.4, 0.5) is 0 Å². The van der Waals surface area contributed by atoms with Gasteiger partial charge in [0.25, 0.3) is 0 Å². The average Bonchev–Trinajstić information content (AvgIpc) is 2.28. The third kappa shape index (κ3) is 3.75. The van der Waals surface area contributed by atoms with Crippen LogP contribution in [0, 0.1) is 0 Å². The molecule has 0 amide bonds. The zero-order chi connectivity index (χ0) is 13.5. The molecule has 0 aliphatic rings. The molecule has 100 valence electrons. The molecule has 0 aliphatic heterocycles. The first-order valence-corrected chi connectivity index (χ1v) is 6.86. The molecule has 0 fully saturated rings. The molecule has 0 aromatic heterocycles. The molecule has 6 heteroatoms. The van der Waals surface area contributed by atoms with E-state index < -0.39 is 25.2 Å². The van der Waals surface area contributed by atoms with Gasteiger partial charge in [-0.15, -0.1) is 6.58 Å². The molecule has 17 heavy (non-hydrogen) atoms. The van der Waals surface area contributed by atoms with Crippen LogP contribution in [0.1, 0.15) is 39.0 Å². The third-order valence-electron chi connectivity index (χ3n) is 2.92. The molecule has 2 unspecified atom stereocenters. The zero-order valence-corrected chi connectivity index (χ0v) is 11.0. The number of rotatable bonds is 9. The Morgan fingerprint density at radius 3 is 2.24 bits per heavy atom. The molecule has 0 aliphatic carbocycles. The lowest BCUT2D eigenvalue weighted by atomic mass is 9.89. The molecule has 0 heterocycles. The molecule has 0 bridgehead atoms. The highest BCUT2D eigenvalue weighted by molar-refractivity contribution is 7.32. The van der Waals surface area contributed by atoms with Crippen molar-refractivity contribution in [3.8, 4) is 0 Å². The topological polar surface area (TPSA) is 94.8 Å². The van der Waals surface area contributed by atoms with E-state index in [9.17, 15) is 19.3 Å². The predicted octanol–water partition coefficient (Wildman–Crippen LogP) is 1.73. The highest BCUT2D eigenvalue weighted by atomic mass is 31.1. The standard InChI is InChI=1S/C11H21O5P/c1-3-5-6-8-11(14,17(15)16)10(13,9-12)7-4-2/h4,12-14H,2-3,5-9H2,1H3. The van der Waals surface area contributed by atoms with Crippen molar-refractivity contribution in [2.45, 2.75) is 50.0 Å². The molecule has 3 N–H and O–H groups in total. The van der Waals surface area contributed by atoms with Crippen molar-refractivity contribution in [3.05, 3.63) is 12.7 Å². The van der Waals surface area contributed by atoms with Crippen molar-refractivity contribution in [2.24, 2.45) is 0 Å². The van der Waals surface area contributed by atoms with Gasteiger partial charge in [0.05, 0.1) is 6.61 Å². The largest absolute Gasteiger partial charge is 0.393 e. The van der Waals surface area contributed by atoms with Crippen molar-refractivity contribution in [1.82, 2.24) is 0 Å². The Labute approximate surface area is 102 Å². The van der Waals surface area contributed by atoms with Crippen LogP contribution in [0.15, 0.2) is 12.7 Å². The summed E-state index contributed by atoms with van der Waals surface area (Å²) in [7, 11) is -3.27. The molecule has 0 rings (SSSR count). The van der Waals surface area contributed by atoms with Gasteiger partial charge in [-0.2, -0.15) is 0 Å². The molecule has 2 atom stereocenters. The van der Waals surface area contributed by atoms with Gasteiger partial charge in [0.2, 0.25) is 5.34 Å². The summed E-state index contributed by atoms with van der Waals surface area (Å²) in [6.07, 6.45) is 3.08. The van der Waals surface area contributed by atoms with Crippen LogP contribution < -0.4 is 0 Å². The van der Waals surface area contributed by atoms with Gasteiger partial charge in [0, 0.05) is 0 Å². The average molecular weight is 264 g/mol. The second kappa shape index (κ2) is 7.07. The van der Waals surface area contributed by atoms with Crippen molar-refractivity contribution >= 4 is 7.68 Å². The summed E-state index contributed by atoms with van der Waals surface area (Å²) >= 11 is 0. The number of aliphatic hydroxyl groups excluding tert-OH is 1. The van der Waals surface area contributed by atoms with Gasteiger partial charge in [-0.1, -0.05) is 25.8 Å². The van der Waals surface area contributed by atoms with Crippen LogP contribution in [0.25, 0.3) is 0 Å². The van der Waals surface area contributed by atoms with Gasteiger partial charge in [-0.05, 0) is 19.3 Å². The van der Waals surface area contributed by atoms with Crippen LogP contribution in [0.3, 0.4) is 0 Å².